The number of hydrogen-bond donors (Lipinski definition) is 4. The van der Waals surface area contributed by atoms with Crippen LogP contribution in [0.4, 0.5) is 0 Å². The molecule has 6 nitrogen and oxygen atoms in total. The first-order valence-corrected chi connectivity index (χ1v) is 9.97. The first kappa shape index (κ1) is 22.5. The number of rotatable bonds is 15. The van der Waals surface area contributed by atoms with Crippen molar-refractivity contribution in [1.29, 1.82) is 0 Å². The Morgan fingerprint density at radius 3 is 1.43 bits per heavy atom. The minimum atomic E-state index is -0.472. The first-order chi connectivity index (χ1) is 13.7. The second-order valence-corrected chi connectivity index (χ2v) is 6.94. The summed E-state index contributed by atoms with van der Waals surface area (Å²) in [6.45, 7) is 4.72. The smallest absolute Gasteiger partial charge is 0.126 e. The molecule has 0 radical (unpaired) electrons. The third-order valence-corrected chi connectivity index (χ3v) is 4.30. The van der Waals surface area contributed by atoms with Gasteiger partial charge in [0.25, 0.3) is 0 Å². The molecule has 0 heterocycles. The Morgan fingerprint density at radius 2 is 1.04 bits per heavy atom. The van der Waals surface area contributed by atoms with Crippen molar-refractivity contribution in [1.82, 2.24) is 0 Å². The molecule has 0 aliphatic carbocycles. The number of aliphatic hydroxyl groups is 2. The van der Waals surface area contributed by atoms with E-state index in [1.54, 1.807) is 0 Å². The standard InChI is InChI=1S/C22H32N2O4/c25-21(17-27-15-19-7-3-1-4-8-19)13-23-11-12-24-14-22(26)18-28-16-20-9-5-2-6-10-20/h1-10,21-26H,11-18H2/p+2/t21-,22-/m0/s1. The van der Waals surface area contributed by atoms with Crippen LogP contribution in [0, 0.1) is 0 Å². The molecule has 2 aromatic rings. The second-order valence-electron chi connectivity index (χ2n) is 6.94. The Morgan fingerprint density at radius 1 is 0.643 bits per heavy atom. The molecule has 0 bridgehead atoms. The SMILES string of the molecule is O[C@@H](C[NH2+]CC[NH2+]C[C@H](O)COCc1ccccc1)COCc1ccccc1. The zero-order valence-corrected chi connectivity index (χ0v) is 16.5. The summed E-state index contributed by atoms with van der Waals surface area (Å²) in [4.78, 5) is 0. The molecule has 2 rings (SSSR count). The molecule has 0 amide bonds. The van der Waals surface area contributed by atoms with Crippen LogP contribution in [-0.4, -0.2) is 61.8 Å². The predicted molar refractivity (Wildman–Crippen MR) is 108 cm³/mol. The lowest BCUT2D eigenvalue weighted by Gasteiger charge is -2.11. The zero-order valence-electron chi connectivity index (χ0n) is 16.5. The molecule has 0 saturated carbocycles. The monoisotopic (exact) mass is 390 g/mol. The van der Waals surface area contributed by atoms with E-state index in [2.05, 4.69) is 10.6 Å². The topological polar surface area (TPSA) is 92.1 Å². The maximum atomic E-state index is 9.94. The highest BCUT2D eigenvalue weighted by Crippen LogP contribution is 2.01. The quantitative estimate of drug-likeness (QED) is 0.302. The van der Waals surface area contributed by atoms with Crippen LogP contribution >= 0.6 is 0 Å². The van der Waals surface area contributed by atoms with Crippen LogP contribution in [0.5, 0.6) is 0 Å². The van der Waals surface area contributed by atoms with Crippen LogP contribution in [0.1, 0.15) is 11.1 Å². The highest BCUT2D eigenvalue weighted by molar-refractivity contribution is 5.14. The van der Waals surface area contributed by atoms with E-state index in [-0.39, 0.29) is 0 Å². The molecule has 0 aliphatic heterocycles. The summed E-state index contributed by atoms with van der Waals surface area (Å²) in [5, 5.41) is 24.0. The van der Waals surface area contributed by atoms with Crippen LogP contribution in [0.2, 0.25) is 0 Å². The van der Waals surface area contributed by atoms with Gasteiger partial charge in [-0.1, -0.05) is 60.7 Å². The van der Waals surface area contributed by atoms with E-state index in [1.165, 1.54) is 0 Å². The van der Waals surface area contributed by atoms with Gasteiger partial charge in [0.1, 0.15) is 38.4 Å². The number of benzene rings is 2. The third kappa shape index (κ3) is 10.5. The molecule has 154 valence electrons. The van der Waals surface area contributed by atoms with Gasteiger partial charge in [0.2, 0.25) is 0 Å². The van der Waals surface area contributed by atoms with E-state index in [4.69, 9.17) is 9.47 Å². The van der Waals surface area contributed by atoms with E-state index in [9.17, 15) is 10.2 Å². The number of quaternary nitrogens is 2. The van der Waals surface area contributed by atoms with Crippen LogP contribution in [0.15, 0.2) is 60.7 Å². The number of hydrogen-bond acceptors (Lipinski definition) is 4. The lowest BCUT2D eigenvalue weighted by molar-refractivity contribution is -0.728. The predicted octanol–water partition coefficient (Wildman–Crippen LogP) is -0.731. The largest absolute Gasteiger partial charge is 0.385 e. The van der Waals surface area contributed by atoms with Gasteiger partial charge in [0, 0.05) is 0 Å². The van der Waals surface area contributed by atoms with Crippen LogP contribution in [0.25, 0.3) is 0 Å². The van der Waals surface area contributed by atoms with Gasteiger partial charge in [-0.2, -0.15) is 0 Å². The average molecular weight is 391 g/mol. The summed E-state index contributed by atoms with van der Waals surface area (Å²) in [6, 6.07) is 19.9. The second kappa shape index (κ2) is 14.2. The van der Waals surface area contributed by atoms with E-state index < -0.39 is 12.2 Å². The van der Waals surface area contributed by atoms with Crippen molar-refractivity contribution in [2.45, 2.75) is 25.4 Å². The molecule has 0 unspecified atom stereocenters. The maximum absolute atomic E-state index is 9.94. The normalized spacial score (nSPS) is 13.4. The molecule has 0 saturated heterocycles. The molecular formula is C22H34N2O4+2. The molecule has 6 N–H and O–H groups in total. The average Bonchev–Trinajstić information content (AvgIpc) is 2.72. The zero-order chi connectivity index (χ0) is 19.9. The Labute approximate surface area is 167 Å². The summed E-state index contributed by atoms with van der Waals surface area (Å²) in [5.74, 6) is 0. The summed E-state index contributed by atoms with van der Waals surface area (Å²) < 4.78 is 11.1. The van der Waals surface area contributed by atoms with Crippen LogP contribution in [-0.2, 0) is 22.7 Å². The van der Waals surface area contributed by atoms with Crippen molar-refractivity contribution in [2.75, 3.05) is 39.4 Å². The molecule has 28 heavy (non-hydrogen) atoms. The Hall–Kier alpha value is -1.80. The van der Waals surface area contributed by atoms with Gasteiger partial charge < -0.3 is 30.3 Å². The highest BCUT2D eigenvalue weighted by Gasteiger charge is 2.09. The minimum Gasteiger partial charge on any atom is -0.385 e. The Balaban J connectivity index is 1.39. The van der Waals surface area contributed by atoms with Crippen molar-refractivity contribution in [3.05, 3.63) is 71.8 Å². The van der Waals surface area contributed by atoms with Gasteiger partial charge in [-0.15, -0.1) is 0 Å². The molecule has 2 aromatic carbocycles. The molecule has 2 atom stereocenters. The minimum absolute atomic E-state index is 0.340. The Kier molecular flexibility index (Phi) is 11.4. The summed E-state index contributed by atoms with van der Waals surface area (Å²) >= 11 is 0. The van der Waals surface area contributed by atoms with E-state index in [1.807, 2.05) is 60.7 Å². The van der Waals surface area contributed by atoms with E-state index >= 15 is 0 Å². The maximum Gasteiger partial charge on any atom is 0.126 e. The lowest BCUT2D eigenvalue weighted by atomic mass is 10.2. The summed E-state index contributed by atoms with van der Waals surface area (Å²) in [5.41, 5.74) is 2.22. The van der Waals surface area contributed by atoms with Gasteiger partial charge in [-0.05, 0) is 11.1 Å². The van der Waals surface area contributed by atoms with Gasteiger partial charge in [-0.25, -0.2) is 0 Å². The highest BCUT2D eigenvalue weighted by atomic mass is 16.5. The molecule has 0 spiro atoms. The van der Waals surface area contributed by atoms with Crippen LogP contribution < -0.4 is 10.6 Å². The molecule has 0 aromatic heterocycles. The number of nitrogens with two attached hydrogens (primary N) is 2. The van der Waals surface area contributed by atoms with Crippen molar-refractivity contribution >= 4 is 0 Å². The fraction of sp³-hybridized carbons (Fsp3) is 0.455. The molecular weight excluding hydrogens is 356 g/mol. The first-order valence-electron chi connectivity index (χ1n) is 9.97. The number of ether oxygens (including phenoxy) is 2. The van der Waals surface area contributed by atoms with E-state index in [0.29, 0.717) is 39.5 Å². The van der Waals surface area contributed by atoms with Gasteiger partial charge in [0.15, 0.2) is 0 Å². The summed E-state index contributed by atoms with van der Waals surface area (Å²) in [6.07, 6.45) is -0.943. The lowest BCUT2D eigenvalue weighted by Crippen LogP contribution is -2.96. The van der Waals surface area contributed by atoms with Gasteiger partial charge >= 0.3 is 0 Å². The van der Waals surface area contributed by atoms with E-state index in [0.717, 1.165) is 24.2 Å². The van der Waals surface area contributed by atoms with Crippen molar-refractivity contribution in [2.24, 2.45) is 0 Å². The molecule has 0 aliphatic rings. The van der Waals surface area contributed by atoms with Gasteiger partial charge in [-0.3, -0.25) is 0 Å². The molecule has 0 fully saturated rings. The molecule has 6 heteroatoms. The number of aliphatic hydroxyl groups excluding tert-OH is 2. The van der Waals surface area contributed by atoms with Crippen LogP contribution in [0.3, 0.4) is 0 Å². The van der Waals surface area contributed by atoms with Gasteiger partial charge in [0.05, 0.1) is 26.4 Å². The third-order valence-electron chi connectivity index (χ3n) is 4.30. The summed E-state index contributed by atoms with van der Waals surface area (Å²) in [7, 11) is 0. The van der Waals surface area contributed by atoms with Crippen molar-refractivity contribution < 1.29 is 30.3 Å². The Bertz CT molecular complexity index is 557. The van der Waals surface area contributed by atoms with Crippen molar-refractivity contribution in [3.8, 4) is 0 Å². The fourth-order valence-corrected chi connectivity index (χ4v) is 2.77. The fourth-order valence-electron chi connectivity index (χ4n) is 2.77. The van der Waals surface area contributed by atoms with Crippen molar-refractivity contribution in [3.63, 3.8) is 0 Å².